The van der Waals surface area contributed by atoms with Gasteiger partial charge in [0, 0.05) is 20.1 Å². The normalized spacial score (nSPS) is 23.8. The lowest BCUT2D eigenvalue weighted by molar-refractivity contribution is 0.0778. The molecular formula is C12H18N4O. The van der Waals surface area contributed by atoms with E-state index in [0.29, 0.717) is 23.3 Å². The van der Waals surface area contributed by atoms with Crippen LogP contribution in [-0.2, 0) is 0 Å². The van der Waals surface area contributed by atoms with E-state index in [9.17, 15) is 4.79 Å². The van der Waals surface area contributed by atoms with Crippen LogP contribution in [0.1, 0.15) is 24.3 Å². The first-order chi connectivity index (χ1) is 8.11. The molecule has 0 radical (unpaired) electrons. The molecule has 2 atom stereocenters. The molecule has 1 aliphatic heterocycles. The fourth-order valence-corrected chi connectivity index (χ4v) is 2.04. The van der Waals surface area contributed by atoms with Crippen LogP contribution in [0.5, 0.6) is 0 Å². The first kappa shape index (κ1) is 11.8. The Hall–Kier alpha value is -1.65. The maximum atomic E-state index is 12.1. The molecule has 0 bridgehead atoms. The monoisotopic (exact) mass is 234 g/mol. The van der Waals surface area contributed by atoms with Crippen molar-refractivity contribution in [2.75, 3.05) is 25.5 Å². The van der Waals surface area contributed by atoms with Crippen molar-refractivity contribution in [2.45, 2.75) is 13.8 Å². The SMILES string of the molecule is CNc1ccc(C(=O)N2CC(C)C(C)C2)nn1. The van der Waals surface area contributed by atoms with Crippen molar-refractivity contribution < 1.29 is 4.79 Å². The molecule has 1 amide bonds. The molecule has 17 heavy (non-hydrogen) atoms. The molecular weight excluding hydrogens is 216 g/mol. The summed E-state index contributed by atoms with van der Waals surface area (Å²) < 4.78 is 0. The molecule has 5 heteroatoms. The fourth-order valence-electron chi connectivity index (χ4n) is 2.04. The van der Waals surface area contributed by atoms with Gasteiger partial charge in [-0.2, -0.15) is 0 Å². The highest BCUT2D eigenvalue weighted by Crippen LogP contribution is 2.23. The van der Waals surface area contributed by atoms with Gasteiger partial charge < -0.3 is 10.2 Å². The molecule has 2 rings (SSSR count). The van der Waals surface area contributed by atoms with E-state index in [1.54, 1.807) is 19.2 Å². The van der Waals surface area contributed by atoms with E-state index in [0.717, 1.165) is 13.1 Å². The van der Waals surface area contributed by atoms with Crippen molar-refractivity contribution in [3.63, 3.8) is 0 Å². The Labute approximate surface area is 101 Å². The first-order valence-corrected chi connectivity index (χ1v) is 5.92. The summed E-state index contributed by atoms with van der Waals surface area (Å²) in [6.07, 6.45) is 0. The predicted octanol–water partition coefficient (Wildman–Crippen LogP) is 1.25. The minimum Gasteiger partial charge on any atom is -0.372 e. The molecule has 1 aromatic rings. The zero-order valence-corrected chi connectivity index (χ0v) is 10.5. The Morgan fingerprint density at radius 2 is 1.94 bits per heavy atom. The molecule has 0 aromatic carbocycles. The number of aromatic nitrogens is 2. The van der Waals surface area contributed by atoms with Gasteiger partial charge in [-0.15, -0.1) is 10.2 Å². The van der Waals surface area contributed by atoms with Gasteiger partial charge in [0.2, 0.25) is 0 Å². The number of hydrogen-bond donors (Lipinski definition) is 1. The Kier molecular flexibility index (Phi) is 3.26. The van der Waals surface area contributed by atoms with Gasteiger partial charge in [-0.3, -0.25) is 4.79 Å². The van der Waals surface area contributed by atoms with Crippen molar-refractivity contribution >= 4 is 11.7 Å². The Balaban J connectivity index is 2.09. The van der Waals surface area contributed by atoms with Gasteiger partial charge in [0.25, 0.3) is 5.91 Å². The number of carbonyl (C=O) groups excluding carboxylic acids is 1. The average Bonchev–Trinajstić information content (AvgIpc) is 2.69. The Morgan fingerprint density at radius 3 is 2.41 bits per heavy atom. The highest BCUT2D eigenvalue weighted by Gasteiger charge is 2.30. The summed E-state index contributed by atoms with van der Waals surface area (Å²) in [5.74, 6) is 1.77. The van der Waals surface area contributed by atoms with Crippen LogP contribution < -0.4 is 5.32 Å². The lowest BCUT2D eigenvalue weighted by Gasteiger charge is -2.14. The Bertz CT molecular complexity index is 393. The maximum absolute atomic E-state index is 12.1. The minimum absolute atomic E-state index is 0.0173. The van der Waals surface area contributed by atoms with Crippen molar-refractivity contribution in [1.29, 1.82) is 0 Å². The molecule has 92 valence electrons. The number of amides is 1. The van der Waals surface area contributed by atoms with E-state index in [4.69, 9.17) is 0 Å². The molecule has 0 aliphatic carbocycles. The first-order valence-electron chi connectivity index (χ1n) is 5.92. The van der Waals surface area contributed by atoms with E-state index in [-0.39, 0.29) is 5.91 Å². The molecule has 1 N–H and O–H groups in total. The second-order valence-corrected chi connectivity index (χ2v) is 4.72. The van der Waals surface area contributed by atoms with Gasteiger partial charge in [-0.25, -0.2) is 0 Å². The number of anilines is 1. The van der Waals surface area contributed by atoms with Gasteiger partial charge >= 0.3 is 0 Å². The second-order valence-electron chi connectivity index (χ2n) is 4.72. The van der Waals surface area contributed by atoms with Crippen molar-refractivity contribution in [1.82, 2.24) is 15.1 Å². The molecule has 5 nitrogen and oxygen atoms in total. The van der Waals surface area contributed by atoms with Crippen molar-refractivity contribution in [3.05, 3.63) is 17.8 Å². The molecule has 2 unspecified atom stereocenters. The molecule has 1 saturated heterocycles. The van der Waals surface area contributed by atoms with Crippen LogP contribution in [0.2, 0.25) is 0 Å². The van der Waals surface area contributed by atoms with E-state index >= 15 is 0 Å². The van der Waals surface area contributed by atoms with Crippen LogP contribution in [-0.4, -0.2) is 41.1 Å². The zero-order valence-electron chi connectivity index (χ0n) is 10.5. The van der Waals surface area contributed by atoms with E-state index < -0.39 is 0 Å². The fraction of sp³-hybridized carbons (Fsp3) is 0.583. The van der Waals surface area contributed by atoms with Crippen molar-refractivity contribution in [2.24, 2.45) is 11.8 Å². The third kappa shape index (κ3) is 2.38. The molecule has 1 aromatic heterocycles. The number of rotatable bonds is 2. The molecule has 2 heterocycles. The van der Waals surface area contributed by atoms with E-state index in [2.05, 4.69) is 29.4 Å². The van der Waals surface area contributed by atoms with E-state index in [1.807, 2.05) is 4.90 Å². The lowest BCUT2D eigenvalue weighted by atomic mass is 10.0. The maximum Gasteiger partial charge on any atom is 0.274 e. The van der Waals surface area contributed by atoms with Crippen molar-refractivity contribution in [3.8, 4) is 0 Å². The van der Waals surface area contributed by atoms with Crippen LogP contribution in [0.25, 0.3) is 0 Å². The molecule has 1 fully saturated rings. The van der Waals surface area contributed by atoms with Crippen LogP contribution >= 0.6 is 0 Å². The largest absolute Gasteiger partial charge is 0.372 e. The molecule has 1 aliphatic rings. The average molecular weight is 234 g/mol. The van der Waals surface area contributed by atoms with Gasteiger partial charge in [0.15, 0.2) is 5.69 Å². The summed E-state index contributed by atoms with van der Waals surface area (Å²) in [6, 6.07) is 3.48. The summed E-state index contributed by atoms with van der Waals surface area (Å²) in [5, 5.41) is 10.7. The zero-order chi connectivity index (χ0) is 12.4. The summed E-state index contributed by atoms with van der Waals surface area (Å²) in [4.78, 5) is 14.0. The highest BCUT2D eigenvalue weighted by molar-refractivity contribution is 5.92. The summed E-state index contributed by atoms with van der Waals surface area (Å²) in [5.41, 5.74) is 0.422. The number of likely N-dealkylation sites (tertiary alicyclic amines) is 1. The van der Waals surface area contributed by atoms with Gasteiger partial charge in [-0.1, -0.05) is 13.8 Å². The summed E-state index contributed by atoms with van der Waals surface area (Å²) in [7, 11) is 1.77. The molecule has 0 spiro atoms. The summed E-state index contributed by atoms with van der Waals surface area (Å²) >= 11 is 0. The standard InChI is InChI=1S/C12H18N4O/c1-8-6-16(7-9(8)2)12(17)10-4-5-11(13-3)15-14-10/h4-5,8-9H,6-7H2,1-3H3,(H,13,15). The van der Waals surface area contributed by atoms with Crippen LogP contribution in [0, 0.1) is 11.8 Å². The van der Waals surface area contributed by atoms with Gasteiger partial charge in [-0.05, 0) is 24.0 Å². The quantitative estimate of drug-likeness (QED) is 0.836. The predicted molar refractivity (Wildman–Crippen MR) is 65.8 cm³/mol. The number of carbonyl (C=O) groups is 1. The Morgan fingerprint density at radius 1 is 1.29 bits per heavy atom. The van der Waals surface area contributed by atoms with Crippen LogP contribution in [0.3, 0.4) is 0 Å². The smallest absolute Gasteiger partial charge is 0.274 e. The molecule has 0 saturated carbocycles. The third-order valence-electron chi connectivity index (χ3n) is 3.42. The summed E-state index contributed by atoms with van der Waals surface area (Å²) in [6.45, 7) is 5.98. The lowest BCUT2D eigenvalue weighted by Crippen LogP contribution is -2.29. The second kappa shape index (κ2) is 4.69. The number of nitrogens with zero attached hydrogens (tertiary/aromatic N) is 3. The number of hydrogen-bond acceptors (Lipinski definition) is 4. The van der Waals surface area contributed by atoms with Crippen LogP contribution in [0.4, 0.5) is 5.82 Å². The third-order valence-corrected chi connectivity index (χ3v) is 3.42. The van der Waals surface area contributed by atoms with Crippen LogP contribution in [0.15, 0.2) is 12.1 Å². The van der Waals surface area contributed by atoms with Gasteiger partial charge in [0.1, 0.15) is 5.82 Å². The number of nitrogens with one attached hydrogen (secondary N) is 1. The van der Waals surface area contributed by atoms with Gasteiger partial charge in [0.05, 0.1) is 0 Å². The minimum atomic E-state index is -0.0173. The topological polar surface area (TPSA) is 58.1 Å². The van der Waals surface area contributed by atoms with E-state index in [1.165, 1.54) is 0 Å². The highest BCUT2D eigenvalue weighted by atomic mass is 16.2.